The van der Waals surface area contributed by atoms with E-state index >= 15 is 0 Å². The van der Waals surface area contributed by atoms with Crippen molar-refractivity contribution in [2.75, 3.05) is 7.11 Å². The van der Waals surface area contributed by atoms with Crippen molar-refractivity contribution in [1.82, 2.24) is 0 Å². The van der Waals surface area contributed by atoms with Crippen molar-refractivity contribution in [2.45, 2.75) is 33.1 Å². The van der Waals surface area contributed by atoms with E-state index in [1.165, 1.54) is 7.11 Å². The van der Waals surface area contributed by atoms with Gasteiger partial charge in [-0.2, -0.15) is 0 Å². The number of hydrogen-bond acceptors (Lipinski definition) is 2. The number of carbonyl (C=O) groups is 1. The number of hydrogen-bond donors (Lipinski definition) is 0. The lowest BCUT2D eigenvalue weighted by molar-refractivity contribution is -0.136. The summed E-state index contributed by atoms with van der Waals surface area (Å²) in [6.07, 6.45) is 5.19. The normalized spacial score (nSPS) is 11.4. The summed E-state index contributed by atoms with van der Waals surface area (Å²) in [6, 6.07) is 0. The second-order valence-electron chi connectivity index (χ2n) is 2.52. The summed E-state index contributed by atoms with van der Waals surface area (Å²) in [5, 5.41) is 0. The zero-order valence-corrected chi connectivity index (χ0v) is 7.52. The molecule has 0 saturated carbocycles. The van der Waals surface area contributed by atoms with Crippen LogP contribution in [0.3, 0.4) is 0 Å². The maximum absolute atomic E-state index is 10.8. The van der Waals surface area contributed by atoms with E-state index in [-0.39, 0.29) is 5.97 Å². The van der Waals surface area contributed by atoms with Crippen LogP contribution in [0, 0.1) is 0 Å². The SMILES string of the molecule is CCCCC=C(C)C(=O)OC. The highest BCUT2D eigenvalue weighted by Gasteiger charge is 2.00. The van der Waals surface area contributed by atoms with Crippen molar-refractivity contribution in [2.24, 2.45) is 0 Å². The quantitative estimate of drug-likeness (QED) is 0.354. The molecular formula is C9H16O2. The van der Waals surface area contributed by atoms with Crippen molar-refractivity contribution < 1.29 is 9.53 Å². The molecule has 0 saturated heterocycles. The monoisotopic (exact) mass is 156 g/mol. The average Bonchev–Trinajstić information content (AvgIpc) is 2.03. The Morgan fingerprint density at radius 2 is 2.18 bits per heavy atom. The summed E-state index contributed by atoms with van der Waals surface area (Å²) >= 11 is 0. The summed E-state index contributed by atoms with van der Waals surface area (Å²) in [5.41, 5.74) is 0.709. The molecule has 0 N–H and O–H groups in total. The Bertz CT molecular complexity index is 148. The van der Waals surface area contributed by atoms with Crippen LogP contribution in [0.2, 0.25) is 0 Å². The predicted molar refractivity (Wildman–Crippen MR) is 45.3 cm³/mol. The van der Waals surface area contributed by atoms with Crippen molar-refractivity contribution in [1.29, 1.82) is 0 Å². The first-order valence-corrected chi connectivity index (χ1v) is 3.97. The minimum atomic E-state index is -0.221. The van der Waals surface area contributed by atoms with E-state index in [1.807, 2.05) is 6.08 Å². The van der Waals surface area contributed by atoms with Crippen LogP contribution < -0.4 is 0 Å². The van der Waals surface area contributed by atoms with Crippen LogP contribution in [-0.2, 0) is 9.53 Å². The van der Waals surface area contributed by atoms with Gasteiger partial charge in [0, 0.05) is 5.57 Å². The summed E-state index contributed by atoms with van der Waals surface area (Å²) in [5.74, 6) is -0.221. The lowest BCUT2D eigenvalue weighted by atomic mass is 10.2. The van der Waals surface area contributed by atoms with Crippen molar-refractivity contribution in [3.05, 3.63) is 11.6 Å². The zero-order valence-electron chi connectivity index (χ0n) is 7.52. The van der Waals surface area contributed by atoms with Gasteiger partial charge in [-0.25, -0.2) is 4.79 Å². The van der Waals surface area contributed by atoms with Gasteiger partial charge in [0.2, 0.25) is 0 Å². The number of methoxy groups -OCH3 is 1. The summed E-state index contributed by atoms with van der Waals surface area (Å²) < 4.78 is 4.54. The van der Waals surface area contributed by atoms with Crippen molar-refractivity contribution >= 4 is 5.97 Å². The molecule has 0 aromatic rings. The minimum absolute atomic E-state index is 0.221. The standard InChI is InChI=1S/C9H16O2/c1-4-5-6-7-8(2)9(10)11-3/h7H,4-6H2,1-3H3. The summed E-state index contributed by atoms with van der Waals surface area (Å²) in [6.45, 7) is 3.91. The van der Waals surface area contributed by atoms with Gasteiger partial charge >= 0.3 is 5.97 Å². The molecule has 0 unspecified atom stereocenters. The van der Waals surface area contributed by atoms with Gasteiger partial charge in [0.05, 0.1) is 7.11 Å². The smallest absolute Gasteiger partial charge is 0.333 e. The van der Waals surface area contributed by atoms with Crippen LogP contribution in [0.25, 0.3) is 0 Å². The van der Waals surface area contributed by atoms with Gasteiger partial charge in [0.1, 0.15) is 0 Å². The van der Waals surface area contributed by atoms with Gasteiger partial charge in [0.25, 0.3) is 0 Å². The van der Waals surface area contributed by atoms with E-state index in [4.69, 9.17) is 0 Å². The van der Waals surface area contributed by atoms with Crippen LogP contribution in [0.5, 0.6) is 0 Å². The lowest BCUT2D eigenvalue weighted by Gasteiger charge is -1.97. The second kappa shape index (κ2) is 5.96. The molecule has 0 aliphatic carbocycles. The molecular weight excluding hydrogens is 140 g/mol. The van der Waals surface area contributed by atoms with E-state index in [0.29, 0.717) is 5.57 Å². The molecule has 0 spiro atoms. The predicted octanol–water partition coefficient (Wildman–Crippen LogP) is 2.30. The van der Waals surface area contributed by atoms with E-state index in [0.717, 1.165) is 19.3 Å². The molecule has 0 fully saturated rings. The highest BCUT2D eigenvalue weighted by Crippen LogP contribution is 2.01. The molecule has 0 rings (SSSR count). The first-order valence-electron chi connectivity index (χ1n) is 3.97. The van der Waals surface area contributed by atoms with Gasteiger partial charge in [-0.15, -0.1) is 0 Å². The topological polar surface area (TPSA) is 26.3 Å². The van der Waals surface area contributed by atoms with Crippen molar-refractivity contribution in [3.63, 3.8) is 0 Å². The van der Waals surface area contributed by atoms with E-state index < -0.39 is 0 Å². The number of ether oxygens (including phenoxy) is 1. The number of carbonyl (C=O) groups excluding carboxylic acids is 1. The summed E-state index contributed by atoms with van der Waals surface area (Å²) in [4.78, 5) is 10.8. The fourth-order valence-electron chi connectivity index (χ4n) is 0.767. The Morgan fingerprint density at radius 1 is 1.55 bits per heavy atom. The Balaban J connectivity index is 3.71. The lowest BCUT2D eigenvalue weighted by Crippen LogP contribution is -2.00. The molecule has 0 aliphatic rings. The third kappa shape index (κ3) is 4.59. The van der Waals surface area contributed by atoms with Crippen LogP contribution in [0.1, 0.15) is 33.1 Å². The minimum Gasteiger partial charge on any atom is -0.466 e. The number of rotatable bonds is 4. The molecule has 0 aromatic heterocycles. The Labute approximate surface area is 68.2 Å². The third-order valence-corrected chi connectivity index (χ3v) is 1.52. The molecule has 0 heterocycles. The van der Waals surface area contributed by atoms with Gasteiger partial charge in [-0.05, 0) is 13.3 Å². The maximum Gasteiger partial charge on any atom is 0.333 e. The number of unbranched alkanes of at least 4 members (excludes halogenated alkanes) is 2. The van der Waals surface area contributed by atoms with Gasteiger partial charge in [-0.1, -0.05) is 25.8 Å². The van der Waals surface area contributed by atoms with Crippen LogP contribution in [0.15, 0.2) is 11.6 Å². The first-order chi connectivity index (χ1) is 5.22. The molecule has 0 radical (unpaired) electrons. The molecule has 64 valence electrons. The second-order valence-corrected chi connectivity index (χ2v) is 2.52. The third-order valence-electron chi connectivity index (χ3n) is 1.52. The van der Waals surface area contributed by atoms with Crippen LogP contribution in [-0.4, -0.2) is 13.1 Å². The number of esters is 1. The fourth-order valence-corrected chi connectivity index (χ4v) is 0.767. The first kappa shape index (κ1) is 10.2. The molecule has 11 heavy (non-hydrogen) atoms. The van der Waals surface area contributed by atoms with E-state index in [9.17, 15) is 4.79 Å². The summed E-state index contributed by atoms with van der Waals surface area (Å²) in [7, 11) is 1.40. The molecule has 0 atom stereocenters. The highest BCUT2D eigenvalue weighted by atomic mass is 16.5. The largest absolute Gasteiger partial charge is 0.466 e. The van der Waals surface area contributed by atoms with E-state index in [2.05, 4.69) is 11.7 Å². The zero-order chi connectivity index (χ0) is 8.69. The molecule has 0 aliphatic heterocycles. The average molecular weight is 156 g/mol. The highest BCUT2D eigenvalue weighted by molar-refractivity contribution is 5.87. The number of allylic oxidation sites excluding steroid dienone is 1. The van der Waals surface area contributed by atoms with Gasteiger partial charge in [0.15, 0.2) is 0 Å². The van der Waals surface area contributed by atoms with Gasteiger partial charge in [-0.3, -0.25) is 0 Å². The van der Waals surface area contributed by atoms with Crippen molar-refractivity contribution in [3.8, 4) is 0 Å². The molecule has 0 bridgehead atoms. The molecule has 0 aromatic carbocycles. The van der Waals surface area contributed by atoms with Crippen LogP contribution in [0.4, 0.5) is 0 Å². The Morgan fingerprint density at radius 3 is 2.64 bits per heavy atom. The van der Waals surface area contributed by atoms with Crippen LogP contribution >= 0.6 is 0 Å². The molecule has 0 amide bonds. The Hall–Kier alpha value is -0.790. The van der Waals surface area contributed by atoms with Gasteiger partial charge < -0.3 is 4.74 Å². The maximum atomic E-state index is 10.8. The molecule has 2 nitrogen and oxygen atoms in total. The fraction of sp³-hybridized carbons (Fsp3) is 0.667. The molecule has 2 heteroatoms. The van der Waals surface area contributed by atoms with E-state index in [1.54, 1.807) is 6.92 Å². The Kier molecular flexibility index (Phi) is 5.53.